The van der Waals surface area contributed by atoms with Crippen molar-refractivity contribution in [3.05, 3.63) is 34.4 Å². The van der Waals surface area contributed by atoms with Gasteiger partial charge in [-0.3, -0.25) is 15.0 Å². The first-order chi connectivity index (χ1) is 9.15. The Bertz CT molecular complexity index is 422. The van der Waals surface area contributed by atoms with Crippen LogP contribution in [0, 0.1) is 10.1 Å². The number of likely N-dealkylation sites (tertiary alicyclic amines) is 1. The first-order valence-corrected chi connectivity index (χ1v) is 6.50. The Morgan fingerprint density at radius 2 is 2.16 bits per heavy atom. The Hall–Kier alpha value is -1.66. The van der Waals surface area contributed by atoms with E-state index in [4.69, 9.17) is 10.5 Å². The minimum atomic E-state index is -0.418. The number of nitrogens with two attached hydrogens (primary N) is 1. The molecule has 1 aliphatic heterocycles. The van der Waals surface area contributed by atoms with Crippen molar-refractivity contribution in [1.82, 2.24) is 4.90 Å². The largest absolute Gasteiger partial charge is 0.492 e. The molecule has 0 radical (unpaired) electrons. The number of benzene rings is 1. The molecule has 0 aliphatic carbocycles. The lowest BCUT2D eigenvalue weighted by molar-refractivity contribution is -0.384. The molecule has 0 saturated carbocycles. The second kappa shape index (κ2) is 6.49. The van der Waals surface area contributed by atoms with E-state index in [9.17, 15) is 10.1 Å². The Labute approximate surface area is 112 Å². The summed E-state index contributed by atoms with van der Waals surface area (Å²) >= 11 is 0. The van der Waals surface area contributed by atoms with Crippen LogP contribution in [0.3, 0.4) is 0 Å². The molecule has 104 valence electrons. The summed E-state index contributed by atoms with van der Waals surface area (Å²) in [5.74, 6) is 0.659. The number of hydrogen-bond donors (Lipinski definition) is 1. The molecule has 1 aliphatic rings. The monoisotopic (exact) mass is 265 g/mol. The predicted octanol–water partition coefficient (Wildman–Crippen LogP) is 1.40. The van der Waals surface area contributed by atoms with Gasteiger partial charge in [-0.25, -0.2) is 0 Å². The molecule has 6 heteroatoms. The molecule has 2 rings (SSSR count). The topological polar surface area (TPSA) is 81.6 Å². The summed E-state index contributed by atoms with van der Waals surface area (Å²) in [5.41, 5.74) is 5.98. The zero-order valence-electron chi connectivity index (χ0n) is 10.8. The van der Waals surface area contributed by atoms with Gasteiger partial charge < -0.3 is 10.5 Å². The number of nitro groups is 1. The van der Waals surface area contributed by atoms with Crippen LogP contribution in [-0.4, -0.2) is 42.1 Å². The maximum atomic E-state index is 10.5. The van der Waals surface area contributed by atoms with Crippen molar-refractivity contribution in [3.63, 3.8) is 0 Å². The molecule has 0 unspecified atom stereocenters. The van der Waals surface area contributed by atoms with E-state index in [1.165, 1.54) is 12.1 Å². The van der Waals surface area contributed by atoms with Gasteiger partial charge in [0.15, 0.2) is 0 Å². The van der Waals surface area contributed by atoms with Crippen LogP contribution in [0.5, 0.6) is 5.75 Å². The zero-order chi connectivity index (χ0) is 13.7. The maximum absolute atomic E-state index is 10.5. The summed E-state index contributed by atoms with van der Waals surface area (Å²) in [6.07, 6.45) is 2.23. The third kappa shape index (κ3) is 4.18. The van der Waals surface area contributed by atoms with Crippen LogP contribution in [0.2, 0.25) is 0 Å². The molecule has 0 spiro atoms. The van der Waals surface area contributed by atoms with E-state index in [0.29, 0.717) is 12.4 Å². The molecule has 1 atom stereocenters. The molecule has 1 fully saturated rings. The first-order valence-electron chi connectivity index (χ1n) is 6.50. The highest BCUT2D eigenvalue weighted by Crippen LogP contribution is 2.17. The lowest BCUT2D eigenvalue weighted by Crippen LogP contribution is -2.44. The third-order valence-electron chi connectivity index (χ3n) is 3.27. The van der Waals surface area contributed by atoms with Crippen LogP contribution in [0.4, 0.5) is 5.69 Å². The molecule has 0 bridgehead atoms. The molecule has 1 aromatic carbocycles. The van der Waals surface area contributed by atoms with Crippen LogP contribution in [-0.2, 0) is 0 Å². The molecule has 0 amide bonds. The quantitative estimate of drug-likeness (QED) is 0.642. The van der Waals surface area contributed by atoms with Gasteiger partial charge in [-0.1, -0.05) is 0 Å². The Kier molecular flexibility index (Phi) is 4.70. The molecule has 1 saturated heterocycles. The summed E-state index contributed by atoms with van der Waals surface area (Å²) in [5, 5.41) is 10.5. The fourth-order valence-corrected chi connectivity index (χ4v) is 2.25. The Morgan fingerprint density at radius 3 is 2.79 bits per heavy atom. The average molecular weight is 265 g/mol. The number of piperidine rings is 1. The number of non-ortho nitro benzene ring substituents is 1. The van der Waals surface area contributed by atoms with E-state index in [-0.39, 0.29) is 11.7 Å². The van der Waals surface area contributed by atoms with Crippen molar-refractivity contribution in [2.24, 2.45) is 5.73 Å². The summed E-state index contributed by atoms with van der Waals surface area (Å²) in [6, 6.07) is 6.42. The summed E-state index contributed by atoms with van der Waals surface area (Å²) in [7, 11) is 0. The van der Waals surface area contributed by atoms with Gasteiger partial charge >= 0.3 is 0 Å². The van der Waals surface area contributed by atoms with Crippen molar-refractivity contribution in [3.8, 4) is 5.75 Å². The van der Waals surface area contributed by atoms with E-state index >= 15 is 0 Å². The highest BCUT2D eigenvalue weighted by atomic mass is 16.6. The first kappa shape index (κ1) is 13.8. The van der Waals surface area contributed by atoms with Gasteiger partial charge in [0, 0.05) is 31.3 Å². The van der Waals surface area contributed by atoms with Crippen molar-refractivity contribution in [1.29, 1.82) is 0 Å². The fraction of sp³-hybridized carbons (Fsp3) is 0.538. The van der Waals surface area contributed by atoms with E-state index in [0.717, 1.165) is 32.5 Å². The van der Waals surface area contributed by atoms with Gasteiger partial charge in [0.1, 0.15) is 12.4 Å². The molecule has 1 aromatic rings. The Morgan fingerprint density at radius 1 is 1.42 bits per heavy atom. The van der Waals surface area contributed by atoms with Gasteiger partial charge in [-0.15, -0.1) is 0 Å². The molecule has 6 nitrogen and oxygen atoms in total. The molecule has 19 heavy (non-hydrogen) atoms. The van der Waals surface area contributed by atoms with Gasteiger partial charge in [-0.05, 0) is 31.5 Å². The van der Waals surface area contributed by atoms with Crippen molar-refractivity contribution in [2.45, 2.75) is 18.9 Å². The standard InChI is InChI=1S/C13H19N3O3/c14-11-2-1-7-15(10-11)8-9-19-13-5-3-12(4-6-13)16(17)18/h3-6,11H,1-2,7-10,14H2/t11-/m0/s1. The lowest BCUT2D eigenvalue weighted by Gasteiger charge is -2.30. The SMILES string of the molecule is N[C@H]1CCCN(CCOc2ccc([N+](=O)[O-])cc2)C1. The van der Waals surface area contributed by atoms with Gasteiger partial charge in [0.05, 0.1) is 4.92 Å². The normalized spacial score (nSPS) is 20.2. The summed E-state index contributed by atoms with van der Waals surface area (Å²) in [6.45, 7) is 3.40. The number of rotatable bonds is 5. The van der Waals surface area contributed by atoms with Crippen LogP contribution in [0.15, 0.2) is 24.3 Å². The molecule has 1 heterocycles. The van der Waals surface area contributed by atoms with Crippen LogP contribution < -0.4 is 10.5 Å². The molecule has 0 aromatic heterocycles. The van der Waals surface area contributed by atoms with E-state index in [1.807, 2.05) is 0 Å². The lowest BCUT2D eigenvalue weighted by atomic mass is 10.1. The van der Waals surface area contributed by atoms with Crippen LogP contribution >= 0.6 is 0 Å². The van der Waals surface area contributed by atoms with Crippen molar-refractivity contribution < 1.29 is 9.66 Å². The number of hydrogen-bond acceptors (Lipinski definition) is 5. The number of nitrogens with zero attached hydrogens (tertiary/aromatic N) is 2. The molecular formula is C13H19N3O3. The van der Waals surface area contributed by atoms with E-state index in [2.05, 4.69) is 4.90 Å². The van der Waals surface area contributed by atoms with Crippen LogP contribution in [0.25, 0.3) is 0 Å². The number of nitro benzene ring substituents is 1. The predicted molar refractivity (Wildman–Crippen MR) is 72.2 cm³/mol. The van der Waals surface area contributed by atoms with Gasteiger partial charge in [-0.2, -0.15) is 0 Å². The molecular weight excluding hydrogens is 246 g/mol. The minimum Gasteiger partial charge on any atom is -0.492 e. The fourth-order valence-electron chi connectivity index (χ4n) is 2.25. The van der Waals surface area contributed by atoms with E-state index < -0.39 is 4.92 Å². The van der Waals surface area contributed by atoms with Crippen molar-refractivity contribution in [2.75, 3.05) is 26.2 Å². The third-order valence-corrected chi connectivity index (χ3v) is 3.27. The average Bonchev–Trinajstić information content (AvgIpc) is 2.39. The minimum absolute atomic E-state index is 0.0781. The van der Waals surface area contributed by atoms with Crippen LogP contribution in [0.1, 0.15) is 12.8 Å². The second-order valence-corrected chi connectivity index (χ2v) is 4.80. The number of ether oxygens (including phenoxy) is 1. The van der Waals surface area contributed by atoms with Gasteiger partial charge in [0.25, 0.3) is 5.69 Å². The summed E-state index contributed by atoms with van der Waals surface area (Å²) < 4.78 is 5.57. The smallest absolute Gasteiger partial charge is 0.269 e. The summed E-state index contributed by atoms with van der Waals surface area (Å²) in [4.78, 5) is 12.4. The van der Waals surface area contributed by atoms with Crippen molar-refractivity contribution >= 4 is 5.69 Å². The zero-order valence-corrected chi connectivity index (χ0v) is 10.8. The van der Waals surface area contributed by atoms with Gasteiger partial charge in [0.2, 0.25) is 0 Å². The van der Waals surface area contributed by atoms with E-state index in [1.54, 1.807) is 12.1 Å². The Balaban J connectivity index is 1.74. The second-order valence-electron chi connectivity index (χ2n) is 4.80. The highest BCUT2D eigenvalue weighted by molar-refractivity contribution is 5.35. The maximum Gasteiger partial charge on any atom is 0.269 e. The highest BCUT2D eigenvalue weighted by Gasteiger charge is 2.16. The molecule has 2 N–H and O–H groups in total.